The molecule has 0 aliphatic carbocycles. The summed E-state index contributed by atoms with van der Waals surface area (Å²) in [6.45, 7) is 1.01. The molecule has 0 saturated heterocycles. The first-order valence-corrected chi connectivity index (χ1v) is 9.18. The highest BCUT2D eigenvalue weighted by Crippen LogP contribution is 2.48. The van der Waals surface area contributed by atoms with Gasteiger partial charge in [0.1, 0.15) is 6.61 Å². The van der Waals surface area contributed by atoms with E-state index in [1.807, 2.05) is 6.07 Å². The predicted octanol–water partition coefficient (Wildman–Crippen LogP) is 5.26. The molecule has 0 aromatic heterocycles. The molecule has 156 valence electrons. The molecule has 5 nitrogen and oxygen atoms in total. The second-order valence-corrected chi connectivity index (χ2v) is 7.29. The van der Waals surface area contributed by atoms with E-state index in [1.165, 1.54) is 31.2 Å². The van der Waals surface area contributed by atoms with Crippen molar-refractivity contribution in [2.75, 3.05) is 0 Å². The van der Waals surface area contributed by atoms with E-state index in [4.69, 9.17) is 32.8 Å². The number of rotatable bonds is 4. The second kappa shape index (κ2) is 8.19. The van der Waals surface area contributed by atoms with Crippen LogP contribution in [0.25, 0.3) is 5.70 Å². The number of hydroxylamine groups is 1. The van der Waals surface area contributed by atoms with Crippen molar-refractivity contribution in [1.82, 2.24) is 5.48 Å². The van der Waals surface area contributed by atoms with Crippen LogP contribution in [0.4, 0.5) is 13.2 Å². The number of benzene rings is 2. The van der Waals surface area contributed by atoms with E-state index in [1.54, 1.807) is 0 Å². The topological polar surface area (TPSA) is 71.3 Å². The molecule has 0 spiro atoms. The van der Waals surface area contributed by atoms with Crippen LogP contribution in [0, 0.1) is 11.3 Å². The zero-order chi connectivity index (χ0) is 22.1. The quantitative estimate of drug-likeness (QED) is 0.635. The van der Waals surface area contributed by atoms with E-state index in [0.717, 1.165) is 18.2 Å². The van der Waals surface area contributed by atoms with Crippen LogP contribution in [0.2, 0.25) is 10.0 Å². The second-order valence-electron chi connectivity index (χ2n) is 6.42. The molecule has 1 atom stereocenters. The monoisotopic (exact) mass is 456 g/mol. The van der Waals surface area contributed by atoms with Crippen molar-refractivity contribution in [3.63, 3.8) is 0 Å². The molecule has 0 radical (unpaired) electrons. The van der Waals surface area contributed by atoms with Gasteiger partial charge in [-0.3, -0.25) is 15.1 Å². The Morgan fingerprint density at radius 1 is 1.23 bits per heavy atom. The van der Waals surface area contributed by atoms with Crippen molar-refractivity contribution in [1.29, 1.82) is 5.26 Å². The van der Waals surface area contributed by atoms with Gasteiger partial charge in [-0.1, -0.05) is 29.3 Å². The van der Waals surface area contributed by atoms with Crippen molar-refractivity contribution < 1.29 is 27.5 Å². The van der Waals surface area contributed by atoms with Gasteiger partial charge in [-0.05, 0) is 36.4 Å². The van der Waals surface area contributed by atoms with E-state index in [9.17, 15) is 23.2 Å². The number of halogens is 5. The molecule has 1 N–H and O–H groups in total. The lowest BCUT2D eigenvalue weighted by molar-refractivity contribution is -0.269. The Kier molecular flexibility index (Phi) is 5.99. The van der Waals surface area contributed by atoms with Gasteiger partial charge in [0.25, 0.3) is 0 Å². The minimum atomic E-state index is -4.84. The highest BCUT2D eigenvalue weighted by atomic mass is 35.5. The molecule has 3 rings (SSSR count). The van der Waals surface area contributed by atoms with Crippen LogP contribution < -0.4 is 5.48 Å². The van der Waals surface area contributed by atoms with Crippen LogP contribution in [0.15, 0.2) is 42.5 Å². The number of carbonyl (C=O) groups is 1. The fraction of sp³-hybridized carbons (Fsp3) is 0.200. The third-order valence-corrected chi connectivity index (χ3v) is 4.79. The van der Waals surface area contributed by atoms with Crippen LogP contribution in [0.1, 0.15) is 29.2 Å². The van der Waals surface area contributed by atoms with E-state index < -0.39 is 17.7 Å². The lowest BCUT2D eigenvalue weighted by Crippen LogP contribution is -2.42. The first-order chi connectivity index (χ1) is 14.1. The van der Waals surface area contributed by atoms with E-state index in [-0.39, 0.29) is 33.5 Å². The maximum atomic E-state index is 14.1. The SMILES string of the molecule is CC(=O)OCc1cc(C2=CC(c3cc(Cl)cc(Cl)c3)(C(F)(F)F)ON2)ccc1C#N. The summed E-state index contributed by atoms with van der Waals surface area (Å²) in [7, 11) is 0. The van der Waals surface area contributed by atoms with Crippen molar-refractivity contribution in [2.45, 2.75) is 25.3 Å². The number of hydrogen-bond acceptors (Lipinski definition) is 5. The van der Waals surface area contributed by atoms with Crippen LogP contribution in [0.5, 0.6) is 0 Å². The summed E-state index contributed by atoms with van der Waals surface area (Å²) in [6.07, 6.45) is -3.98. The average Bonchev–Trinajstić information content (AvgIpc) is 3.12. The molecule has 2 aromatic carbocycles. The lowest BCUT2D eigenvalue weighted by atomic mass is 9.91. The number of nitriles is 1. The van der Waals surface area contributed by atoms with Gasteiger partial charge in [0, 0.05) is 33.7 Å². The highest BCUT2D eigenvalue weighted by molar-refractivity contribution is 6.34. The zero-order valence-corrected chi connectivity index (χ0v) is 16.8. The molecule has 10 heteroatoms. The van der Waals surface area contributed by atoms with Gasteiger partial charge in [-0.2, -0.15) is 18.4 Å². The molecule has 2 aromatic rings. The summed E-state index contributed by atoms with van der Waals surface area (Å²) in [5.74, 6) is -0.556. The third-order valence-electron chi connectivity index (χ3n) is 4.35. The molecule has 0 saturated carbocycles. The standard InChI is InChI=1S/C20H13Cl2F3N2O3/c1-11(28)29-10-14-4-12(2-3-13(14)9-26)18-8-19(30-27-18,20(23,24)25)15-5-16(21)7-17(22)6-15/h2-8,27H,10H2,1H3. The van der Waals surface area contributed by atoms with Gasteiger partial charge < -0.3 is 4.74 Å². The fourth-order valence-electron chi connectivity index (χ4n) is 2.92. The molecule has 1 aliphatic heterocycles. The summed E-state index contributed by atoms with van der Waals surface area (Å²) in [6, 6.07) is 9.81. The molecule has 30 heavy (non-hydrogen) atoms. The molecule has 1 heterocycles. The summed E-state index contributed by atoms with van der Waals surface area (Å²) in [5, 5.41) is 9.25. The van der Waals surface area contributed by atoms with Gasteiger partial charge in [-0.25, -0.2) is 0 Å². The number of ether oxygens (including phenoxy) is 1. The Morgan fingerprint density at radius 2 is 1.90 bits per heavy atom. The molecule has 0 fully saturated rings. The van der Waals surface area contributed by atoms with Crippen LogP contribution in [-0.2, 0) is 26.6 Å². The molecular weight excluding hydrogens is 444 g/mol. The minimum absolute atomic E-state index is 0.0111. The van der Waals surface area contributed by atoms with Gasteiger partial charge in [0.2, 0.25) is 5.60 Å². The first-order valence-electron chi connectivity index (χ1n) is 8.42. The predicted molar refractivity (Wildman–Crippen MR) is 103 cm³/mol. The Hall–Kier alpha value is -2.73. The summed E-state index contributed by atoms with van der Waals surface area (Å²) < 4.78 is 47.1. The number of hydrogen-bond donors (Lipinski definition) is 1. The Morgan fingerprint density at radius 3 is 2.47 bits per heavy atom. The smallest absolute Gasteiger partial charge is 0.428 e. The normalized spacial score (nSPS) is 18.4. The number of esters is 1. The van der Waals surface area contributed by atoms with Gasteiger partial charge in [-0.15, -0.1) is 0 Å². The van der Waals surface area contributed by atoms with Crippen molar-refractivity contribution >= 4 is 34.9 Å². The molecule has 0 amide bonds. The van der Waals surface area contributed by atoms with Crippen LogP contribution >= 0.6 is 23.2 Å². The number of carbonyl (C=O) groups excluding carboxylic acids is 1. The molecule has 0 bridgehead atoms. The summed E-state index contributed by atoms with van der Waals surface area (Å²) in [4.78, 5) is 16.1. The van der Waals surface area contributed by atoms with E-state index >= 15 is 0 Å². The van der Waals surface area contributed by atoms with Gasteiger partial charge in [0.05, 0.1) is 17.3 Å². The molecule has 1 unspecified atom stereocenters. The third kappa shape index (κ3) is 4.24. The van der Waals surface area contributed by atoms with E-state index in [0.29, 0.717) is 11.1 Å². The zero-order valence-electron chi connectivity index (χ0n) is 15.3. The minimum Gasteiger partial charge on any atom is -0.461 e. The van der Waals surface area contributed by atoms with Crippen molar-refractivity contribution in [3.8, 4) is 6.07 Å². The van der Waals surface area contributed by atoms with Crippen molar-refractivity contribution in [2.24, 2.45) is 0 Å². The highest BCUT2D eigenvalue weighted by Gasteiger charge is 2.59. The number of nitrogens with zero attached hydrogens (tertiary/aromatic N) is 1. The van der Waals surface area contributed by atoms with Gasteiger partial charge in [0.15, 0.2) is 0 Å². The fourth-order valence-corrected chi connectivity index (χ4v) is 3.45. The maximum Gasteiger partial charge on any atom is 0.428 e. The van der Waals surface area contributed by atoms with Crippen LogP contribution in [-0.4, -0.2) is 12.1 Å². The Bertz CT molecular complexity index is 1060. The first kappa shape index (κ1) is 22.0. The van der Waals surface area contributed by atoms with E-state index in [2.05, 4.69) is 5.48 Å². The molecule has 1 aliphatic rings. The average molecular weight is 457 g/mol. The lowest BCUT2D eigenvalue weighted by Gasteiger charge is -2.28. The maximum absolute atomic E-state index is 14.1. The molecular formula is C20H13Cl2F3N2O3. The summed E-state index contributed by atoms with van der Waals surface area (Å²) >= 11 is 11.8. The number of nitrogens with one attached hydrogen (secondary N) is 1. The number of alkyl halides is 3. The largest absolute Gasteiger partial charge is 0.461 e. The Labute approximate surface area is 179 Å². The Balaban J connectivity index is 2.08. The summed E-state index contributed by atoms with van der Waals surface area (Å²) in [5.41, 5.74) is 0.0410. The van der Waals surface area contributed by atoms with Gasteiger partial charge >= 0.3 is 12.1 Å². The van der Waals surface area contributed by atoms with Crippen LogP contribution in [0.3, 0.4) is 0 Å². The van der Waals surface area contributed by atoms with Crippen molar-refractivity contribution in [3.05, 3.63) is 74.8 Å².